The molecule has 0 fully saturated rings. The van der Waals surface area contributed by atoms with Crippen molar-refractivity contribution in [3.8, 4) is 17.0 Å². The lowest BCUT2D eigenvalue weighted by molar-refractivity contribution is 0.318. The van der Waals surface area contributed by atoms with Gasteiger partial charge in [-0.05, 0) is 55.6 Å². The van der Waals surface area contributed by atoms with Gasteiger partial charge in [0.15, 0.2) is 5.65 Å². The fraction of sp³-hybridized carbons (Fsp3) is 0.130. The summed E-state index contributed by atoms with van der Waals surface area (Å²) in [5, 5.41) is 12.1. The minimum atomic E-state index is 0.527. The van der Waals surface area contributed by atoms with Crippen molar-refractivity contribution in [2.75, 3.05) is 25.5 Å². The summed E-state index contributed by atoms with van der Waals surface area (Å²) in [6, 6.07) is 21.8. The van der Waals surface area contributed by atoms with Gasteiger partial charge in [0.2, 0.25) is 5.95 Å². The minimum Gasteiger partial charge on any atom is -0.492 e. The third-order valence-electron chi connectivity index (χ3n) is 4.82. The van der Waals surface area contributed by atoms with E-state index in [-0.39, 0.29) is 0 Å². The van der Waals surface area contributed by atoms with Crippen molar-refractivity contribution < 1.29 is 9.15 Å². The monoisotopic (exact) mass is 399 g/mol. The van der Waals surface area contributed by atoms with Gasteiger partial charge in [0.05, 0.1) is 12.0 Å². The van der Waals surface area contributed by atoms with Crippen molar-refractivity contribution in [3.05, 3.63) is 73.0 Å². The Balaban J connectivity index is 1.44. The maximum absolute atomic E-state index is 5.73. The zero-order valence-corrected chi connectivity index (χ0v) is 16.5. The van der Waals surface area contributed by atoms with E-state index in [0.29, 0.717) is 12.6 Å². The van der Waals surface area contributed by atoms with Crippen molar-refractivity contribution in [1.29, 1.82) is 0 Å². The summed E-state index contributed by atoms with van der Waals surface area (Å²) in [6.45, 7) is 1.40. The second-order valence-corrected chi connectivity index (χ2v) is 6.89. The summed E-state index contributed by atoms with van der Waals surface area (Å²) in [4.78, 5) is 4.62. The van der Waals surface area contributed by atoms with Gasteiger partial charge in [0.25, 0.3) is 0 Å². The molecule has 150 valence electrons. The van der Waals surface area contributed by atoms with Crippen LogP contribution in [-0.4, -0.2) is 34.8 Å². The lowest BCUT2D eigenvalue weighted by Crippen LogP contribution is -2.15. The number of ether oxygens (including phenoxy) is 1. The molecule has 0 atom stereocenters. The molecule has 0 radical (unpaired) electrons. The van der Waals surface area contributed by atoms with Crippen molar-refractivity contribution in [1.82, 2.24) is 19.9 Å². The molecule has 0 amide bonds. The average molecular weight is 399 g/mol. The normalized spacial score (nSPS) is 11.2. The van der Waals surface area contributed by atoms with Crippen LogP contribution >= 0.6 is 0 Å². The van der Waals surface area contributed by atoms with E-state index in [0.717, 1.165) is 45.9 Å². The van der Waals surface area contributed by atoms with Crippen molar-refractivity contribution in [2.45, 2.75) is 0 Å². The highest BCUT2D eigenvalue weighted by atomic mass is 16.5. The molecule has 30 heavy (non-hydrogen) atoms. The fourth-order valence-electron chi connectivity index (χ4n) is 3.37. The number of hydrogen-bond acceptors (Lipinski definition) is 6. The maximum Gasteiger partial charge on any atom is 0.247 e. The Morgan fingerprint density at radius 1 is 1.03 bits per heavy atom. The van der Waals surface area contributed by atoms with Gasteiger partial charge in [0.1, 0.15) is 17.9 Å². The zero-order valence-electron chi connectivity index (χ0n) is 16.5. The van der Waals surface area contributed by atoms with E-state index in [1.54, 1.807) is 6.26 Å². The average Bonchev–Trinajstić information content (AvgIpc) is 3.39. The summed E-state index contributed by atoms with van der Waals surface area (Å²) in [6.07, 6.45) is 1.70. The van der Waals surface area contributed by atoms with E-state index in [1.165, 1.54) is 0 Å². The molecule has 0 saturated heterocycles. The molecule has 0 saturated carbocycles. The standard InChI is InChI=1S/C23H21N5O2/c1-24-11-13-29-19-5-2-4-18(15-19)25-23-26-22-7-3-6-20(28(22)27-23)16-8-9-21-17(14-16)10-12-30-21/h2-10,12,14-15,24H,11,13H2,1H3,(H,25,27). The van der Waals surface area contributed by atoms with Gasteiger partial charge in [-0.2, -0.15) is 4.98 Å². The topological polar surface area (TPSA) is 76.6 Å². The van der Waals surface area contributed by atoms with Gasteiger partial charge in [-0.3, -0.25) is 0 Å². The lowest BCUT2D eigenvalue weighted by atomic mass is 10.1. The molecule has 7 heteroatoms. The first kappa shape index (κ1) is 18.2. The highest BCUT2D eigenvalue weighted by molar-refractivity contribution is 5.83. The third-order valence-corrected chi connectivity index (χ3v) is 4.82. The Kier molecular flexibility index (Phi) is 4.78. The van der Waals surface area contributed by atoms with Gasteiger partial charge in [-0.15, -0.1) is 5.10 Å². The number of likely N-dealkylation sites (N-methyl/N-ethyl adjacent to an activating group) is 1. The molecule has 5 aromatic rings. The molecule has 2 N–H and O–H groups in total. The highest BCUT2D eigenvalue weighted by Gasteiger charge is 2.10. The second kappa shape index (κ2) is 7.88. The molecule has 0 unspecified atom stereocenters. The predicted molar refractivity (Wildman–Crippen MR) is 117 cm³/mol. The first-order valence-corrected chi connectivity index (χ1v) is 9.78. The van der Waals surface area contributed by atoms with Crippen LogP contribution in [-0.2, 0) is 0 Å². The molecule has 0 aliphatic rings. The van der Waals surface area contributed by atoms with Gasteiger partial charge < -0.3 is 19.8 Å². The summed E-state index contributed by atoms with van der Waals surface area (Å²) < 4.78 is 13.0. The van der Waals surface area contributed by atoms with E-state index in [4.69, 9.17) is 9.15 Å². The Labute approximate surface area is 173 Å². The maximum atomic E-state index is 5.73. The van der Waals surface area contributed by atoms with E-state index in [9.17, 15) is 0 Å². The van der Waals surface area contributed by atoms with E-state index in [2.05, 4.69) is 26.8 Å². The van der Waals surface area contributed by atoms with Crippen molar-refractivity contribution in [3.63, 3.8) is 0 Å². The number of fused-ring (bicyclic) bond motifs is 2. The second-order valence-electron chi connectivity index (χ2n) is 6.89. The van der Waals surface area contributed by atoms with Crippen LogP contribution < -0.4 is 15.4 Å². The number of benzene rings is 2. The van der Waals surface area contributed by atoms with Crippen molar-refractivity contribution >= 4 is 28.3 Å². The molecule has 0 spiro atoms. The zero-order chi connectivity index (χ0) is 20.3. The molecule has 0 aliphatic heterocycles. The van der Waals surface area contributed by atoms with E-state index < -0.39 is 0 Å². The molecular weight excluding hydrogens is 378 g/mol. The van der Waals surface area contributed by atoms with Crippen LogP contribution in [0.15, 0.2) is 77.4 Å². The quantitative estimate of drug-likeness (QED) is 0.393. The Morgan fingerprint density at radius 3 is 2.90 bits per heavy atom. The number of anilines is 2. The first-order valence-electron chi connectivity index (χ1n) is 9.78. The molecule has 3 aromatic heterocycles. The first-order chi connectivity index (χ1) is 14.8. The number of nitrogens with one attached hydrogen (secondary N) is 2. The highest BCUT2D eigenvalue weighted by Crippen LogP contribution is 2.26. The minimum absolute atomic E-state index is 0.527. The molecule has 7 nitrogen and oxygen atoms in total. The van der Waals surface area contributed by atoms with Gasteiger partial charge in [-0.25, -0.2) is 4.52 Å². The summed E-state index contributed by atoms with van der Waals surface area (Å²) in [7, 11) is 1.90. The number of nitrogens with zero attached hydrogens (tertiary/aromatic N) is 3. The van der Waals surface area contributed by atoms with Crippen LogP contribution in [0.3, 0.4) is 0 Å². The summed E-state index contributed by atoms with van der Waals surface area (Å²) >= 11 is 0. The number of aromatic nitrogens is 3. The summed E-state index contributed by atoms with van der Waals surface area (Å²) in [5.74, 6) is 1.33. The van der Waals surface area contributed by atoms with Crippen LogP contribution in [0.25, 0.3) is 27.9 Å². The van der Waals surface area contributed by atoms with Crippen molar-refractivity contribution in [2.24, 2.45) is 0 Å². The Bertz CT molecular complexity index is 1310. The largest absolute Gasteiger partial charge is 0.492 e. The fourth-order valence-corrected chi connectivity index (χ4v) is 3.37. The molecular formula is C23H21N5O2. The van der Waals surface area contributed by atoms with Crippen LogP contribution in [0, 0.1) is 0 Å². The van der Waals surface area contributed by atoms with Crippen LogP contribution in [0.4, 0.5) is 11.6 Å². The number of furan rings is 1. The number of pyridine rings is 1. The third kappa shape index (κ3) is 3.58. The van der Waals surface area contributed by atoms with E-state index in [1.807, 2.05) is 72.2 Å². The predicted octanol–water partition coefficient (Wildman–Crippen LogP) is 4.48. The molecule has 5 rings (SSSR count). The van der Waals surface area contributed by atoms with Crippen LogP contribution in [0.5, 0.6) is 5.75 Å². The van der Waals surface area contributed by atoms with Crippen LogP contribution in [0.1, 0.15) is 0 Å². The molecule has 0 bridgehead atoms. The number of hydrogen-bond donors (Lipinski definition) is 2. The van der Waals surface area contributed by atoms with Gasteiger partial charge in [0, 0.05) is 29.2 Å². The van der Waals surface area contributed by atoms with Crippen LogP contribution in [0.2, 0.25) is 0 Å². The van der Waals surface area contributed by atoms with Gasteiger partial charge in [-0.1, -0.05) is 12.1 Å². The van der Waals surface area contributed by atoms with Gasteiger partial charge >= 0.3 is 0 Å². The Morgan fingerprint density at radius 2 is 1.97 bits per heavy atom. The Hall–Kier alpha value is -3.84. The lowest BCUT2D eigenvalue weighted by Gasteiger charge is -2.08. The molecule has 3 heterocycles. The molecule has 2 aromatic carbocycles. The molecule has 0 aliphatic carbocycles. The van der Waals surface area contributed by atoms with E-state index >= 15 is 0 Å². The number of rotatable bonds is 7. The SMILES string of the molecule is CNCCOc1cccc(Nc2nc3cccc(-c4ccc5occc5c4)n3n2)c1. The smallest absolute Gasteiger partial charge is 0.247 e. The summed E-state index contributed by atoms with van der Waals surface area (Å²) in [5.41, 5.74) is 4.51.